The first-order valence-electron chi connectivity index (χ1n) is 10.4. The van der Waals surface area contributed by atoms with Gasteiger partial charge in [-0.15, -0.1) is 0 Å². The van der Waals surface area contributed by atoms with Crippen molar-refractivity contribution < 1.29 is 9.90 Å². The summed E-state index contributed by atoms with van der Waals surface area (Å²) in [5.41, 5.74) is 2.55. The highest BCUT2D eigenvalue weighted by atomic mass is 35.5. The predicted octanol–water partition coefficient (Wildman–Crippen LogP) is 5.11. The van der Waals surface area contributed by atoms with E-state index in [9.17, 15) is 14.7 Å². The van der Waals surface area contributed by atoms with Crippen LogP contribution in [-0.4, -0.2) is 33.7 Å². The van der Waals surface area contributed by atoms with Crippen molar-refractivity contribution in [3.63, 3.8) is 0 Å². The van der Waals surface area contributed by atoms with Crippen LogP contribution in [0.3, 0.4) is 0 Å². The zero-order valence-corrected chi connectivity index (χ0v) is 19.1. The van der Waals surface area contributed by atoms with E-state index in [4.69, 9.17) is 23.2 Å². The van der Waals surface area contributed by atoms with Gasteiger partial charge in [0.1, 0.15) is 5.82 Å². The molecule has 1 aliphatic heterocycles. The van der Waals surface area contributed by atoms with Gasteiger partial charge in [-0.05, 0) is 48.6 Å². The van der Waals surface area contributed by atoms with E-state index in [1.54, 1.807) is 29.8 Å². The molecule has 166 valence electrons. The SMILES string of the molecule is Cn1c(N2CCCC(CC(=O)O)C2)c(-c2cccc(Cl)c2)c(-c2ccc(Cl)cc2)nc1=O. The van der Waals surface area contributed by atoms with Gasteiger partial charge in [-0.1, -0.05) is 47.5 Å². The number of halogens is 2. The molecule has 1 aliphatic rings. The summed E-state index contributed by atoms with van der Waals surface area (Å²) in [4.78, 5) is 30.8. The second-order valence-electron chi connectivity index (χ2n) is 8.07. The number of aliphatic carboxylic acids is 1. The summed E-state index contributed by atoms with van der Waals surface area (Å²) in [6.45, 7) is 1.28. The summed E-state index contributed by atoms with van der Waals surface area (Å²) in [5, 5.41) is 10.5. The lowest BCUT2D eigenvalue weighted by atomic mass is 9.93. The number of aromatic nitrogens is 2. The number of carboxylic acids is 1. The van der Waals surface area contributed by atoms with Crippen molar-refractivity contribution in [3.8, 4) is 22.4 Å². The molecule has 32 heavy (non-hydrogen) atoms. The normalized spacial score (nSPS) is 16.2. The second-order valence-corrected chi connectivity index (χ2v) is 8.94. The summed E-state index contributed by atoms with van der Waals surface area (Å²) in [5.74, 6) is -0.0830. The third-order valence-corrected chi connectivity index (χ3v) is 6.27. The highest BCUT2D eigenvalue weighted by Crippen LogP contribution is 2.39. The molecule has 1 aromatic heterocycles. The smallest absolute Gasteiger partial charge is 0.349 e. The lowest BCUT2D eigenvalue weighted by Gasteiger charge is -2.36. The van der Waals surface area contributed by atoms with E-state index in [1.165, 1.54) is 0 Å². The third kappa shape index (κ3) is 4.66. The molecule has 4 rings (SSSR count). The standard InChI is InChI=1S/C24H23Cl2N3O3/c1-28-23(29-11-3-4-15(14-29)12-20(30)31)21(17-5-2-6-19(26)13-17)22(27-24(28)32)16-7-9-18(25)10-8-16/h2,5-10,13,15H,3-4,11-12,14H2,1H3,(H,30,31). The molecular weight excluding hydrogens is 449 g/mol. The summed E-state index contributed by atoms with van der Waals surface area (Å²) in [6.07, 6.45) is 1.80. The summed E-state index contributed by atoms with van der Waals surface area (Å²) < 4.78 is 1.54. The van der Waals surface area contributed by atoms with E-state index in [0.29, 0.717) is 28.1 Å². The van der Waals surface area contributed by atoms with E-state index in [-0.39, 0.29) is 18.0 Å². The molecule has 1 saturated heterocycles. The molecule has 0 saturated carbocycles. The minimum absolute atomic E-state index is 0.00992. The summed E-state index contributed by atoms with van der Waals surface area (Å²) >= 11 is 12.4. The Hall–Kier alpha value is -2.83. The number of carboxylic acid groups (broad SMARTS) is 1. The maximum absolute atomic E-state index is 12.9. The van der Waals surface area contributed by atoms with Crippen molar-refractivity contribution in [1.29, 1.82) is 0 Å². The molecule has 1 N–H and O–H groups in total. The lowest BCUT2D eigenvalue weighted by molar-refractivity contribution is -0.138. The number of benzene rings is 2. The van der Waals surface area contributed by atoms with Crippen LogP contribution in [0.5, 0.6) is 0 Å². The third-order valence-electron chi connectivity index (χ3n) is 5.79. The van der Waals surface area contributed by atoms with Crippen LogP contribution in [0, 0.1) is 5.92 Å². The zero-order chi connectivity index (χ0) is 22.8. The Balaban J connectivity index is 1.95. The molecule has 0 spiro atoms. The summed E-state index contributed by atoms with van der Waals surface area (Å²) in [7, 11) is 1.70. The first-order valence-corrected chi connectivity index (χ1v) is 11.2. The minimum atomic E-state index is -0.808. The Labute approximate surface area is 196 Å². The Morgan fingerprint density at radius 1 is 1.12 bits per heavy atom. The largest absolute Gasteiger partial charge is 0.481 e. The van der Waals surface area contributed by atoms with Gasteiger partial charge in [0.25, 0.3) is 0 Å². The maximum atomic E-state index is 12.9. The molecule has 6 nitrogen and oxygen atoms in total. The van der Waals surface area contributed by atoms with Crippen LogP contribution in [0.15, 0.2) is 53.3 Å². The van der Waals surface area contributed by atoms with Gasteiger partial charge < -0.3 is 10.0 Å². The second kappa shape index (κ2) is 9.35. The van der Waals surface area contributed by atoms with Crippen molar-refractivity contribution in [2.24, 2.45) is 13.0 Å². The number of carbonyl (C=O) groups is 1. The minimum Gasteiger partial charge on any atom is -0.481 e. The number of hydrogen-bond acceptors (Lipinski definition) is 4. The maximum Gasteiger partial charge on any atom is 0.349 e. The Kier molecular flexibility index (Phi) is 6.53. The highest BCUT2D eigenvalue weighted by molar-refractivity contribution is 6.31. The molecule has 0 aliphatic carbocycles. The fourth-order valence-electron chi connectivity index (χ4n) is 4.36. The van der Waals surface area contributed by atoms with Crippen molar-refractivity contribution in [2.75, 3.05) is 18.0 Å². The quantitative estimate of drug-likeness (QED) is 0.559. The number of hydrogen-bond donors (Lipinski definition) is 1. The Bertz CT molecular complexity index is 1210. The molecule has 3 aromatic rings. The van der Waals surface area contributed by atoms with E-state index < -0.39 is 5.97 Å². The van der Waals surface area contributed by atoms with Gasteiger partial charge in [0.15, 0.2) is 0 Å². The molecule has 0 amide bonds. The summed E-state index contributed by atoms with van der Waals surface area (Å²) in [6, 6.07) is 14.7. The molecular formula is C24H23Cl2N3O3. The van der Waals surface area contributed by atoms with E-state index in [1.807, 2.05) is 30.3 Å². The lowest BCUT2D eigenvalue weighted by Crippen LogP contribution is -2.40. The van der Waals surface area contributed by atoms with Gasteiger partial charge in [0.2, 0.25) is 0 Å². The van der Waals surface area contributed by atoms with Crippen LogP contribution in [0.1, 0.15) is 19.3 Å². The molecule has 1 fully saturated rings. The van der Waals surface area contributed by atoms with E-state index >= 15 is 0 Å². The van der Waals surface area contributed by atoms with Crippen LogP contribution in [0.25, 0.3) is 22.4 Å². The first kappa shape index (κ1) is 22.4. The Morgan fingerprint density at radius 2 is 1.88 bits per heavy atom. The van der Waals surface area contributed by atoms with Gasteiger partial charge in [-0.3, -0.25) is 9.36 Å². The average Bonchev–Trinajstić information content (AvgIpc) is 2.75. The molecule has 1 atom stereocenters. The number of nitrogens with zero attached hydrogens (tertiary/aromatic N) is 3. The molecule has 0 bridgehead atoms. The van der Waals surface area contributed by atoms with Gasteiger partial charge >= 0.3 is 11.7 Å². The van der Waals surface area contributed by atoms with Crippen LogP contribution >= 0.6 is 23.2 Å². The molecule has 8 heteroatoms. The zero-order valence-electron chi connectivity index (χ0n) is 17.6. The monoisotopic (exact) mass is 471 g/mol. The number of piperidine rings is 1. The van der Waals surface area contributed by atoms with Crippen LogP contribution < -0.4 is 10.6 Å². The van der Waals surface area contributed by atoms with Gasteiger partial charge in [-0.2, -0.15) is 4.98 Å². The van der Waals surface area contributed by atoms with Crippen LogP contribution in [0.4, 0.5) is 5.82 Å². The topological polar surface area (TPSA) is 75.4 Å². The van der Waals surface area contributed by atoms with Gasteiger partial charge in [0, 0.05) is 47.7 Å². The van der Waals surface area contributed by atoms with E-state index in [2.05, 4.69) is 9.88 Å². The Morgan fingerprint density at radius 3 is 2.56 bits per heavy atom. The van der Waals surface area contributed by atoms with E-state index in [0.717, 1.165) is 36.1 Å². The van der Waals surface area contributed by atoms with Gasteiger partial charge in [0.05, 0.1) is 5.69 Å². The van der Waals surface area contributed by atoms with Gasteiger partial charge in [-0.25, -0.2) is 4.79 Å². The molecule has 2 heterocycles. The van der Waals surface area contributed by atoms with Crippen molar-refractivity contribution >= 4 is 35.0 Å². The highest BCUT2D eigenvalue weighted by Gasteiger charge is 2.28. The molecule has 1 unspecified atom stereocenters. The number of rotatable bonds is 5. The molecule has 0 radical (unpaired) electrons. The van der Waals surface area contributed by atoms with Crippen LogP contribution in [-0.2, 0) is 11.8 Å². The average molecular weight is 472 g/mol. The molecule has 2 aromatic carbocycles. The van der Waals surface area contributed by atoms with Crippen molar-refractivity contribution in [2.45, 2.75) is 19.3 Å². The fraction of sp³-hybridized carbons (Fsp3) is 0.292. The number of anilines is 1. The fourth-order valence-corrected chi connectivity index (χ4v) is 4.67. The van der Waals surface area contributed by atoms with Crippen molar-refractivity contribution in [3.05, 3.63) is 69.1 Å². The van der Waals surface area contributed by atoms with Crippen LogP contribution in [0.2, 0.25) is 10.0 Å². The van der Waals surface area contributed by atoms with Crippen molar-refractivity contribution in [1.82, 2.24) is 9.55 Å². The predicted molar refractivity (Wildman–Crippen MR) is 128 cm³/mol. The first-order chi connectivity index (χ1) is 15.3.